The number of nitrogens with two attached hydrogens (primary N) is 2. The van der Waals surface area contributed by atoms with Crippen molar-refractivity contribution in [2.75, 3.05) is 12.0 Å². The van der Waals surface area contributed by atoms with E-state index < -0.39 is 15.7 Å². The van der Waals surface area contributed by atoms with Crippen molar-refractivity contribution in [1.82, 2.24) is 9.78 Å². The Bertz CT molecular complexity index is 749. The van der Waals surface area contributed by atoms with Gasteiger partial charge in [0.25, 0.3) is 5.91 Å². The first-order valence-electron chi connectivity index (χ1n) is 5.25. The minimum Gasteiger partial charge on any atom is -0.396 e. The van der Waals surface area contributed by atoms with Gasteiger partial charge >= 0.3 is 0 Å². The minimum atomic E-state index is -3.43. The second-order valence-electron chi connectivity index (χ2n) is 3.97. The molecule has 1 amide bonds. The summed E-state index contributed by atoms with van der Waals surface area (Å²) in [5.41, 5.74) is 11.4. The number of primary amides is 1. The number of carbonyl (C=O) groups excluding carboxylic acids is 1. The number of carbonyl (C=O) groups is 1. The van der Waals surface area contributed by atoms with Gasteiger partial charge in [-0.15, -0.1) is 0 Å². The highest BCUT2D eigenvalue weighted by molar-refractivity contribution is 7.90. The lowest BCUT2D eigenvalue weighted by Crippen LogP contribution is -2.13. The van der Waals surface area contributed by atoms with Crippen molar-refractivity contribution in [2.45, 2.75) is 4.90 Å². The van der Waals surface area contributed by atoms with E-state index in [1.807, 2.05) is 0 Å². The predicted molar refractivity (Wildman–Crippen MR) is 69.6 cm³/mol. The SMILES string of the molecule is CS(=O)(=O)c1cccc(-n2ccc(C(N)=O)n2)c1N. The second kappa shape index (κ2) is 4.39. The fraction of sp³-hybridized carbons (Fsp3) is 0.0909. The first-order chi connectivity index (χ1) is 8.80. The van der Waals surface area contributed by atoms with Gasteiger partial charge in [-0.25, -0.2) is 13.1 Å². The molecular weight excluding hydrogens is 268 g/mol. The monoisotopic (exact) mass is 280 g/mol. The number of nitrogen functional groups attached to an aromatic ring is 1. The van der Waals surface area contributed by atoms with Crippen LogP contribution in [0.5, 0.6) is 0 Å². The number of sulfone groups is 1. The number of hydrogen-bond acceptors (Lipinski definition) is 5. The zero-order valence-corrected chi connectivity index (χ0v) is 10.9. The summed E-state index contributed by atoms with van der Waals surface area (Å²) in [4.78, 5) is 11.0. The molecule has 0 unspecified atom stereocenters. The third-order valence-corrected chi connectivity index (χ3v) is 3.69. The number of para-hydroxylation sites is 1. The number of nitrogens with zero attached hydrogens (tertiary/aromatic N) is 2. The third kappa shape index (κ3) is 2.43. The van der Waals surface area contributed by atoms with Gasteiger partial charge in [-0.1, -0.05) is 6.07 Å². The van der Waals surface area contributed by atoms with Crippen LogP contribution >= 0.6 is 0 Å². The first-order valence-corrected chi connectivity index (χ1v) is 7.14. The topological polar surface area (TPSA) is 121 Å². The smallest absolute Gasteiger partial charge is 0.269 e. The number of amides is 1. The van der Waals surface area contributed by atoms with Crippen LogP contribution in [0.25, 0.3) is 5.69 Å². The maximum Gasteiger partial charge on any atom is 0.269 e. The van der Waals surface area contributed by atoms with Crippen LogP contribution in [-0.4, -0.2) is 30.4 Å². The molecule has 0 spiro atoms. The fourth-order valence-electron chi connectivity index (χ4n) is 1.65. The molecule has 0 atom stereocenters. The Labute approximate surface area is 109 Å². The molecular formula is C11H12N4O3S. The first kappa shape index (κ1) is 13.1. The van der Waals surface area contributed by atoms with E-state index in [2.05, 4.69) is 5.10 Å². The van der Waals surface area contributed by atoms with Crippen molar-refractivity contribution in [3.63, 3.8) is 0 Å². The molecule has 0 aliphatic heterocycles. The van der Waals surface area contributed by atoms with Crippen molar-refractivity contribution in [3.8, 4) is 5.69 Å². The van der Waals surface area contributed by atoms with Crippen LogP contribution in [0, 0.1) is 0 Å². The molecule has 4 N–H and O–H groups in total. The van der Waals surface area contributed by atoms with Crippen molar-refractivity contribution in [2.24, 2.45) is 5.73 Å². The average Bonchev–Trinajstić information content (AvgIpc) is 2.77. The van der Waals surface area contributed by atoms with Crippen LogP contribution in [0.3, 0.4) is 0 Å². The van der Waals surface area contributed by atoms with Crippen LogP contribution in [0.4, 0.5) is 5.69 Å². The maximum absolute atomic E-state index is 11.6. The molecule has 0 radical (unpaired) electrons. The summed E-state index contributed by atoms with van der Waals surface area (Å²) >= 11 is 0. The molecule has 7 nitrogen and oxygen atoms in total. The van der Waals surface area contributed by atoms with Gasteiger partial charge in [0.05, 0.1) is 16.3 Å². The fourth-order valence-corrected chi connectivity index (χ4v) is 2.47. The Morgan fingerprint density at radius 2 is 2.00 bits per heavy atom. The van der Waals surface area contributed by atoms with Crippen LogP contribution < -0.4 is 11.5 Å². The molecule has 19 heavy (non-hydrogen) atoms. The highest BCUT2D eigenvalue weighted by Crippen LogP contribution is 2.25. The molecule has 0 bridgehead atoms. The van der Waals surface area contributed by atoms with Crippen LogP contribution in [0.2, 0.25) is 0 Å². The van der Waals surface area contributed by atoms with Crippen LogP contribution in [-0.2, 0) is 9.84 Å². The lowest BCUT2D eigenvalue weighted by Gasteiger charge is -2.09. The molecule has 8 heteroatoms. The molecule has 0 fully saturated rings. The quantitative estimate of drug-likeness (QED) is 0.764. The summed E-state index contributed by atoms with van der Waals surface area (Å²) in [6.07, 6.45) is 2.55. The molecule has 2 rings (SSSR count). The maximum atomic E-state index is 11.6. The molecule has 1 heterocycles. The summed E-state index contributed by atoms with van der Waals surface area (Å²) in [7, 11) is -3.43. The lowest BCUT2D eigenvalue weighted by atomic mass is 10.3. The summed E-state index contributed by atoms with van der Waals surface area (Å²) < 4.78 is 24.4. The van der Waals surface area contributed by atoms with E-state index in [-0.39, 0.29) is 16.3 Å². The predicted octanol–water partition coefficient (Wildman–Crippen LogP) is -0.0431. The summed E-state index contributed by atoms with van der Waals surface area (Å²) in [6.45, 7) is 0. The minimum absolute atomic E-state index is 0.0149. The Morgan fingerprint density at radius 1 is 1.32 bits per heavy atom. The van der Waals surface area contributed by atoms with Crippen LogP contribution in [0.15, 0.2) is 35.4 Å². The lowest BCUT2D eigenvalue weighted by molar-refractivity contribution is 0.0995. The van der Waals surface area contributed by atoms with Gasteiger partial charge in [0.2, 0.25) is 0 Å². The van der Waals surface area contributed by atoms with E-state index in [0.29, 0.717) is 5.69 Å². The van der Waals surface area contributed by atoms with E-state index in [9.17, 15) is 13.2 Å². The van der Waals surface area contributed by atoms with E-state index in [1.165, 1.54) is 23.0 Å². The Kier molecular flexibility index (Phi) is 3.03. The Balaban J connectivity index is 2.60. The van der Waals surface area contributed by atoms with E-state index >= 15 is 0 Å². The van der Waals surface area contributed by atoms with E-state index in [4.69, 9.17) is 11.5 Å². The van der Waals surface area contributed by atoms with E-state index in [0.717, 1.165) is 6.26 Å². The second-order valence-corrected chi connectivity index (χ2v) is 5.96. The largest absolute Gasteiger partial charge is 0.396 e. The Hall–Kier alpha value is -2.35. The number of rotatable bonds is 3. The average molecular weight is 280 g/mol. The standard InChI is InChI=1S/C11H12N4O3S/c1-19(17,18)9-4-2-3-8(10(9)12)15-6-5-7(14-15)11(13)16/h2-6H,12H2,1H3,(H2,13,16). The van der Waals surface area contributed by atoms with Crippen molar-refractivity contribution in [1.29, 1.82) is 0 Å². The van der Waals surface area contributed by atoms with Gasteiger partial charge < -0.3 is 11.5 Å². The summed E-state index contributed by atoms with van der Waals surface area (Å²) in [5.74, 6) is -0.670. The molecule has 2 aromatic rings. The van der Waals surface area contributed by atoms with Gasteiger partial charge in [0.1, 0.15) is 5.69 Å². The summed E-state index contributed by atoms with van der Waals surface area (Å²) in [5, 5.41) is 3.93. The van der Waals surface area contributed by atoms with Crippen molar-refractivity contribution >= 4 is 21.4 Å². The van der Waals surface area contributed by atoms with Crippen LogP contribution in [0.1, 0.15) is 10.5 Å². The normalized spacial score (nSPS) is 11.4. The van der Waals surface area contributed by atoms with Crippen molar-refractivity contribution < 1.29 is 13.2 Å². The van der Waals surface area contributed by atoms with Gasteiger partial charge in [-0.05, 0) is 18.2 Å². The molecule has 1 aromatic carbocycles. The Morgan fingerprint density at radius 3 is 2.53 bits per heavy atom. The van der Waals surface area contributed by atoms with Gasteiger partial charge in [0.15, 0.2) is 9.84 Å². The van der Waals surface area contributed by atoms with Gasteiger partial charge in [-0.3, -0.25) is 4.79 Å². The molecule has 100 valence electrons. The van der Waals surface area contributed by atoms with Gasteiger partial charge in [-0.2, -0.15) is 5.10 Å². The van der Waals surface area contributed by atoms with E-state index in [1.54, 1.807) is 12.1 Å². The highest BCUT2D eigenvalue weighted by Gasteiger charge is 2.16. The van der Waals surface area contributed by atoms with Gasteiger partial charge in [0, 0.05) is 12.5 Å². The number of hydrogen-bond donors (Lipinski definition) is 2. The van der Waals surface area contributed by atoms with Crippen molar-refractivity contribution in [3.05, 3.63) is 36.2 Å². The zero-order valence-electron chi connectivity index (χ0n) is 10.1. The molecule has 0 saturated heterocycles. The molecule has 0 aliphatic carbocycles. The zero-order chi connectivity index (χ0) is 14.2. The molecule has 0 saturated carbocycles. The molecule has 0 aliphatic rings. The number of anilines is 1. The summed E-state index contributed by atoms with van der Waals surface area (Å²) in [6, 6.07) is 5.98. The number of benzene rings is 1. The third-order valence-electron chi connectivity index (χ3n) is 2.53. The highest BCUT2D eigenvalue weighted by atomic mass is 32.2. The molecule has 1 aromatic heterocycles. The number of aromatic nitrogens is 2.